The van der Waals surface area contributed by atoms with E-state index in [4.69, 9.17) is 4.74 Å². The van der Waals surface area contributed by atoms with Gasteiger partial charge in [-0.15, -0.1) is 11.8 Å². The van der Waals surface area contributed by atoms with Gasteiger partial charge in [0.1, 0.15) is 4.90 Å². The molecule has 2 saturated heterocycles. The van der Waals surface area contributed by atoms with Gasteiger partial charge in [0, 0.05) is 31.6 Å². The first-order chi connectivity index (χ1) is 10.7. The molecule has 122 valence electrons. The lowest BCUT2D eigenvalue weighted by atomic mass is 10.1. The fourth-order valence-corrected chi connectivity index (χ4v) is 5.17. The minimum absolute atomic E-state index is 0.299. The molecule has 0 N–H and O–H groups in total. The van der Waals surface area contributed by atoms with Crippen LogP contribution in [0.2, 0.25) is 0 Å². The molecule has 2 aliphatic rings. The fraction of sp³-hybridized carbons (Fsp3) is 0.667. The van der Waals surface area contributed by atoms with Crippen molar-refractivity contribution in [3.8, 4) is 0 Å². The van der Waals surface area contributed by atoms with Gasteiger partial charge in [-0.25, -0.2) is 13.4 Å². The Morgan fingerprint density at radius 2 is 2.05 bits per heavy atom. The second kappa shape index (κ2) is 7.29. The SMILES string of the molecule is O=S(=O)(c1ccc(SC[C@H]2CCCCO2)nc1)N1CCCC1. The predicted molar refractivity (Wildman–Crippen MR) is 86.5 cm³/mol. The maximum absolute atomic E-state index is 12.4. The third kappa shape index (κ3) is 3.82. The Morgan fingerprint density at radius 1 is 1.23 bits per heavy atom. The summed E-state index contributed by atoms with van der Waals surface area (Å²) in [5.41, 5.74) is 0. The Kier molecular flexibility index (Phi) is 5.38. The highest BCUT2D eigenvalue weighted by Gasteiger charge is 2.27. The van der Waals surface area contributed by atoms with Crippen LogP contribution in [0.4, 0.5) is 0 Å². The average molecular weight is 342 g/mol. The summed E-state index contributed by atoms with van der Waals surface area (Å²) < 4.78 is 32.1. The Bertz CT molecular complexity index is 577. The van der Waals surface area contributed by atoms with E-state index in [0.717, 1.165) is 43.1 Å². The molecule has 5 nitrogen and oxygen atoms in total. The molecule has 0 aromatic carbocycles. The largest absolute Gasteiger partial charge is 0.377 e. The quantitative estimate of drug-likeness (QED) is 0.770. The molecule has 0 saturated carbocycles. The van der Waals surface area contributed by atoms with E-state index in [1.165, 1.54) is 12.6 Å². The van der Waals surface area contributed by atoms with Crippen molar-refractivity contribution in [2.24, 2.45) is 0 Å². The van der Waals surface area contributed by atoms with Crippen LogP contribution in [-0.4, -0.2) is 49.3 Å². The molecule has 2 aliphatic heterocycles. The molecule has 1 atom stereocenters. The molecular formula is C15H22N2O3S2. The number of rotatable bonds is 5. The predicted octanol–water partition coefficient (Wildman–Crippen LogP) is 2.53. The highest BCUT2D eigenvalue weighted by Crippen LogP contribution is 2.24. The molecule has 0 spiro atoms. The number of nitrogens with zero attached hydrogens (tertiary/aromatic N) is 2. The molecule has 0 bridgehead atoms. The molecule has 1 aromatic rings. The van der Waals surface area contributed by atoms with Crippen molar-refractivity contribution in [2.45, 2.75) is 48.1 Å². The minimum atomic E-state index is -3.35. The number of sulfonamides is 1. The summed E-state index contributed by atoms with van der Waals surface area (Å²) >= 11 is 1.63. The van der Waals surface area contributed by atoms with Gasteiger partial charge in [0.05, 0.1) is 11.1 Å². The van der Waals surface area contributed by atoms with Crippen LogP contribution < -0.4 is 0 Å². The molecule has 0 aliphatic carbocycles. The Labute approximate surface area is 136 Å². The number of hydrogen-bond donors (Lipinski definition) is 0. The van der Waals surface area contributed by atoms with Crippen LogP contribution >= 0.6 is 11.8 Å². The monoisotopic (exact) mass is 342 g/mol. The first-order valence-electron chi connectivity index (χ1n) is 7.87. The van der Waals surface area contributed by atoms with Crippen LogP contribution in [0, 0.1) is 0 Å². The van der Waals surface area contributed by atoms with Crippen molar-refractivity contribution in [1.82, 2.24) is 9.29 Å². The normalized spacial score (nSPS) is 23.7. The van der Waals surface area contributed by atoms with Gasteiger partial charge in [0.15, 0.2) is 0 Å². The molecule has 0 radical (unpaired) electrons. The summed E-state index contributed by atoms with van der Waals surface area (Å²) in [5, 5.41) is 0.856. The van der Waals surface area contributed by atoms with E-state index in [1.807, 2.05) is 0 Å². The summed E-state index contributed by atoms with van der Waals surface area (Å²) in [7, 11) is -3.35. The van der Waals surface area contributed by atoms with Crippen molar-refractivity contribution in [1.29, 1.82) is 0 Å². The molecule has 22 heavy (non-hydrogen) atoms. The van der Waals surface area contributed by atoms with E-state index in [2.05, 4.69) is 4.98 Å². The second-order valence-electron chi connectivity index (χ2n) is 5.74. The zero-order valence-electron chi connectivity index (χ0n) is 12.6. The third-order valence-corrected chi connectivity index (χ3v) is 7.06. The first kappa shape index (κ1) is 16.2. The van der Waals surface area contributed by atoms with Crippen molar-refractivity contribution in [2.75, 3.05) is 25.4 Å². The number of ether oxygens (including phenoxy) is 1. The number of thioether (sulfide) groups is 1. The van der Waals surface area contributed by atoms with Crippen LogP contribution in [0.5, 0.6) is 0 Å². The number of pyridine rings is 1. The minimum Gasteiger partial charge on any atom is -0.377 e. The first-order valence-corrected chi connectivity index (χ1v) is 10.3. The smallest absolute Gasteiger partial charge is 0.244 e. The highest BCUT2D eigenvalue weighted by atomic mass is 32.2. The summed E-state index contributed by atoms with van der Waals surface area (Å²) in [6.07, 6.45) is 7.16. The molecule has 3 heterocycles. The maximum atomic E-state index is 12.4. The van der Waals surface area contributed by atoms with Crippen molar-refractivity contribution >= 4 is 21.8 Å². The molecule has 1 aromatic heterocycles. The second-order valence-corrected chi connectivity index (χ2v) is 8.72. The van der Waals surface area contributed by atoms with Gasteiger partial charge >= 0.3 is 0 Å². The summed E-state index contributed by atoms with van der Waals surface area (Å²) in [4.78, 5) is 4.60. The summed E-state index contributed by atoms with van der Waals surface area (Å²) in [6.45, 7) is 2.10. The van der Waals surface area contributed by atoms with Crippen molar-refractivity contribution in [3.63, 3.8) is 0 Å². The zero-order chi connectivity index (χ0) is 15.4. The number of aromatic nitrogens is 1. The molecule has 0 amide bonds. The van der Waals surface area contributed by atoms with E-state index >= 15 is 0 Å². The zero-order valence-corrected chi connectivity index (χ0v) is 14.2. The lowest BCUT2D eigenvalue weighted by Gasteiger charge is -2.21. The highest BCUT2D eigenvalue weighted by molar-refractivity contribution is 7.99. The average Bonchev–Trinajstić information content (AvgIpc) is 3.10. The standard InChI is InChI=1S/C15H22N2O3S2/c18-22(19,17-8-2-3-9-17)14-6-7-15(16-11-14)21-12-13-5-1-4-10-20-13/h6-7,11,13H,1-5,8-10,12H2/t13-/m1/s1. The van der Waals surface area contributed by atoms with Gasteiger partial charge in [-0.1, -0.05) is 0 Å². The molecular weight excluding hydrogens is 320 g/mol. The Morgan fingerprint density at radius 3 is 2.68 bits per heavy atom. The van der Waals surface area contributed by atoms with Gasteiger partial charge < -0.3 is 4.74 Å². The maximum Gasteiger partial charge on any atom is 0.244 e. The van der Waals surface area contributed by atoms with Crippen LogP contribution in [-0.2, 0) is 14.8 Å². The van der Waals surface area contributed by atoms with Gasteiger partial charge in [-0.2, -0.15) is 4.31 Å². The van der Waals surface area contributed by atoms with E-state index in [1.54, 1.807) is 28.2 Å². The van der Waals surface area contributed by atoms with E-state index in [0.29, 0.717) is 24.1 Å². The lowest BCUT2D eigenvalue weighted by molar-refractivity contribution is 0.0315. The summed E-state index contributed by atoms with van der Waals surface area (Å²) in [6, 6.07) is 3.47. The van der Waals surface area contributed by atoms with Crippen molar-refractivity contribution < 1.29 is 13.2 Å². The third-order valence-electron chi connectivity index (χ3n) is 4.10. The van der Waals surface area contributed by atoms with Crippen LogP contribution in [0.25, 0.3) is 0 Å². The molecule has 7 heteroatoms. The van der Waals surface area contributed by atoms with Gasteiger partial charge in [-0.3, -0.25) is 0 Å². The van der Waals surface area contributed by atoms with Gasteiger partial charge in [0.2, 0.25) is 10.0 Å². The van der Waals surface area contributed by atoms with Crippen molar-refractivity contribution in [3.05, 3.63) is 18.3 Å². The molecule has 0 unspecified atom stereocenters. The molecule has 2 fully saturated rings. The Hall–Kier alpha value is -0.630. The topological polar surface area (TPSA) is 59.5 Å². The van der Waals surface area contributed by atoms with Crippen LogP contribution in [0.15, 0.2) is 28.3 Å². The van der Waals surface area contributed by atoms with E-state index < -0.39 is 10.0 Å². The van der Waals surface area contributed by atoms with E-state index in [9.17, 15) is 8.42 Å². The van der Waals surface area contributed by atoms with Crippen LogP contribution in [0.3, 0.4) is 0 Å². The van der Waals surface area contributed by atoms with Crippen LogP contribution in [0.1, 0.15) is 32.1 Å². The Balaban J connectivity index is 1.60. The van der Waals surface area contributed by atoms with E-state index in [-0.39, 0.29) is 0 Å². The van der Waals surface area contributed by atoms with Gasteiger partial charge in [-0.05, 0) is 44.2 Å². The lowest BCUT2D eigenvalue weighted by Crippen LogP contribution is -2.27. The molecule has 3 rings (SSSR count). The summed E-state index contributed by atoms with van der Waals surface area (Å²) in [5.74, 6) is 0.880. The van der Waals surface area contributed by atoms with Gasteiger partial charge in [0.25, 0.3) is 0 Å². The fourth-order valence-electron chi connectivity index (χ4n) is 2.80. The number of hydrogen-bond acceptors (Lipinski definition) is 5.